The average molecular weight is 402 g/mol. The fourth-order valence-electron chi connectivity index (χ4n) is 2.64. The van der Waals surface area contributed by atoms with Crippen LogP contribution in [-0.2, 0) is 11.2 Å². The Morgan fingerprint density at radius 1 is 0.828 bits per heavy atom. The van der Waals surface area contributed by atoms with E-state index in [9.17, 15) is 9.59 Å². The van der Waals surface area contributed by atoms with Crippen molar-refractivity contribution in [3.8, 4) is 23.0 Å². The average Bonchev–Trinajstić information content (AvgIpc) is 2.76. The fourth-order valence-corrected chi connectivity index (χ4v) is 2.64. The molecule has 0 aliphatic rings. The number of nitrogens with one attached hydrogen (secondary N) is 2. The lowest BCUT2D eigenvalue weighted by atomic mass is 10.1. The van der Waals surface area contributed by atoms with Crippen LogP contribution in [0.5, 0.6) is 23.0 Å². The van der Waals surface area contributed by atoms with Crippen LogP contribution in [0.15, 0.2) is 36.4 Å². The minimum absolute atomic E-state index is 0.197. The summed E-state index contributed by atoms with van der Waals surface area (Å²) in [4.78, 5) is 24.3. The summed E-state index contributed by atoms with van der Waals surface area (Å²) >= 11 is 0. The number of hydrazine groups is 1. The molecule has 2 aromatic rings. The molecule has 0 aromatic heterocycles. The molecule has 2 rings (SSSR count). The first kappa shape index (κ1) is 21.9. The van der Waals surface area contributed by atoms with E-state index < -0.39 is 5.91 Å². The van der Waals surface area contributed by atoms with Crippen LogP contribution >= 0.6 is 0 Å². The monoisotopic (exact) mass is 402 g/mol. The van der Waals surface area contributed by atoms with E-state index in [1.165, 1.54) is 7.11 Å². The number of carbonyl (C=O) groups is 2. The molecule has 2 aromatic carbocycles. The molecule has 8 nitrogen and oxygen atoms in total. The minimum Gasteiger partial charge on any atom is -0.493 e. The molecule has 0 spiro atoms. The second kappa shape index (κ2) is 10.8. The van der Waals surface area contributed by atoms with Gasteiger partial charge in [-0.15, -0.1) is 0 Å². The highest BCUT2D eigenvalue weighted by Crippen LogP contribution is 2.28. The summed E-state index contributed by atoms with van der Waals surface area (Å²) in [6.07, 6.45) is 0.682. The molecule has 0 aliphatic heterocycles. The normalized spacial score (nSPS) is 10.1. The molecule has 0 saturated carbocycles. The van der Waals surface area contributed by atoms with E-state index in [0.717, 1.165) is 5.56 Å². The summed E-state index contributed by atoms with van der Waals surface area (Å²) in [6.45, 7) is 2.34. The van der Waals surface area contributed by atoms with E-state index in [1.54, 1.807) is 38.5 Å². The summed E-state index contributed by atoms with van der Waals surface area (Å²) in [5.74, 6) is 1.45. The Balaban J connectivity index is 1.88. The summed E-state index contributed by atoms with van der Waals surface area (Å²) in [5, 5.41) is 0. The van der Waals surface area contributed by atoms with Gasteiger partial charge in [0.1, 0.15) is 0 Å². The van der Waals surface area contributed by atoms with Crippen LogP contribution in [0.25, 0.3) is 0 Å². The van der Waals surface area contributed by atoms with Crippen LogP contribution in [0.4, 0.5) is 0 Å². The van der Waals surface area contributed by atoms with Gasteiger partial charge in [-0.25, -0.2) is 0 Å². The first-order valence-corrected chi connectivity index (χ1v) is 9.13. The van der Waals surface area contributed by atoms with Crippen molar-refractivity contribution < 1.29 is 28.5 Å². The third-order valence-corrected chi connectivity index (χ3v) is 4.13. The molecule has 0 bridgehead atoms. The van der Waals surface area contributed by atoms with Crippen LogP contribution in [0, 0.1) is 0 Å². The maximum atomic E-state index is 12.3. The van der Waals surface area contributed by atoms with Gasteiger partial charge in [-0.05, 0) is 49.2 Å². The SMILES string of the molecule is CCOc1ccc(C(=O)NNC(=O)CCc2ccc(OC)c(OC)c2)cc1OC. The smallest absolute Gasteiger partial charge is 0.269 e. The van der Waals surface area contributed by atoms with E-state index >= 15 is 0 Å². The van der Waals surface area contributed by atoms with Gasteiger partial charge in [-0.2, -0.15) is 0 Å². The van der Waals surface area contributed by atoms with E-state index in [1.807, 2.05) is 19.1 Å². The highest BCUT2D eigenvalue weighted by atomic mass is 16.5. The number of rotatable bonds is 9. The van der Waals surface area contributed by atoms with Gasteiger partial charge < -0.3 is 18.9 Å². The second-order valence-electron chi connectivity index (χ2n) is 5.99. The number of aryl methyl sites for hydroxylation is 1. The van der Waals surface area contributed by atoms with Gasteiger partial charge in [0.25, 0.3) is 5.91 Å². The predicted octanol–water partition coefficient (Wildman–Crippen LogP) is 2.50. The fraction of sp³-hybridized carbons (Fsp3) is 0.333. The Morgan fingerprint density at radius 3 is 2.14 bits per heavy atom. The minimum atomic E-state index is -0.453. The van der Waals surface area contributed by atoms with Crippen molar-refractivity contribution in [2.75, 3.05) is 27.9 Å². The number of ether oxygens (including phenoxy) is 4. The molecule has 29 heavy (non-hydrogen) atoms. The summed E-state index contributed by atoms with van der Waals surface area (Å²) in [5.41, 5.74) is 6.07. The quantitative estimate of drug-likeness (QED) is 0.626. The number of carbonyl (C=O) groups excluding carboxylic acids is 2. The molecule has 0 saturated heterocycles. The summed E-state index contributed by atoms with van der Waals surface area (Å²) < 4.78 is 21.1. The molecule has 2 amide bonds. The van der Waals surface area contributed by atoms with Crippen molar-refractivity contribution in [2.24, 2.45) is 0 Å². The molecule has 156 valence electrons. The first-order chi connectivity index (χ1) is 14.0. The number of methoxy groups -OCH3 is 3. The van der Waals surface area contributed by atoms with Crippen molar-refractivity contribution in [1.29, 1.82) is 0 Å². The van der Waals surface area contributed by atoms with Crippen molar-refractivity contribution in [3.05, 3.63) is 47.5 Å². The van der Waals surface area contributed by atoms with Crippen LogP contribution < -0.4 is 29.8 Å². The summed E-state index contributed by atoms with van der Waals surface area (Å²) in [6, 6.07) is 10.3. The van der Waals surface area contributed by atoms with Gasteiger partial charge in [-0.1, -0.05) is 6.07 Å². The standard InChI is InChI=1S/C21H26N2O6/c1-5-29-17-10-8-15(13-19(17)28-4)21(25)23-22-20(24)11-7-14-6-9-16(26-2)18(12-14)27-3/h6,8-10,12-13H,5,7,11H2,1-4H3,(H,22,24)(H,23,25). The molecule has 0 atom stereocenters. The molecule has 2 N–H and O–H groups in total. The van der Waals surface area contributed by atoms with Gasteiger partial charge in [-0.3, -0.25) is 20.4 Å². The Labute approximate surface area is 170 Å². The molecule has 0 unspecified atom stereocenters. The molecule has 0 heterocycles. The molecule has 8 heteroatoms. The maximum absolute atomic E-state index is 12.3. The second-order valence-corrected chi connectivity index (χ2v) is 5.99. The zero-order chi connectivity index (χ0) is 21.2. The van der Waals surface area contributed by atoms with Crippen LogP contribution in [0.2, 0.25) is 0 Å². The Bertz CT molecular complexity index is 853. The molecule has 0 radical (unpaired) electrons. The van der Waals surface area contributed by atoms with E-state index in [4.69, 9.17) is 18.9 Å². The van der Waals surface area contributed by atoms with E-state index in [-0.39, 0.29) is 12.3 Å². The van der Waals surface area contributed by atoms with E-state index in [0.29, 0.717) is 41.6 Å². The Kier molecular flexibility index (Phi) is 8.14. The zero-order valence-electron chi connectivity index (χ0n) is 17.0. The first-order valence-electron chi connectivity index (χ1n) is 9.13. The van der Waals surface area contributed by atoms with Crippen LogP contribution in [0.3, 0.4) is 0 Å². The molecule has 0 fully saturated rings. The molecular weight excluding hydrogens is 376 g/mol. The van der Waals surface area contributed by atoms with Gasteiger partial charge >= 0.3 is 0 Å². The number of hydrogen-bond acceptors (Lipinski definition) is 6. The van der Waals surface area contributed by atoms with Crippen molar-refractivity contribution in [3.63, 3.8) is 0 Å². The predicted molar refractivity (Wildman–Crippen MR) is 108 cm³/mol. The van der Waals surface area contributed by atoms with Crippen molar-refractivity contribution in [1.82, 2.24) is 10.9 Å². The number of amides is 2. The zero-order valence-corrected chi connectivity index (χ0v) is 17.0. The van der Waals surface area contributed by atoms with Crippen molar-refractivity contribution in [2.45, 2.75) is 19.8 Å². The maximum Gasteiger partial charge on any atom is 0.269 e. The van der Waals surface area contributed by atoms with Crippen molar-refractivity contribution >= 4 is 11.8 Å². The highest BCUT2D eigenvalue weighted by Gasteiger charge is 2.12. The van der Waals surface area contributed by atoms with E-state index in [2.05, 4.69) is 10.9 Å². The Morgan fingerprint density at radius 2 is 1.48 bits per heavy atom. The summed E-state index contributed by atoms with van der Waals surface area (Å²) in [7, 11) is 4.61. The molecular formula is C21H26N2O6. The van der Waals surface area contributed by atoms with Gasteiger partial charge in [0.05, 0.1) is 27.9 Å². The lowest BCUT2D eigenvalue weighted by molar-refractivity contribution is -0.121. The van der Waals surface area contributed by atoms with Crippen LogP contribution in [-0.4, -0.2) is 39.8 Å². The Hall–Kier alpha value is -3.42. The van der Waals surface area contributed by atoms with Gasteiger partial charge in [0.2, 0.25) is 5.91 Å². The number of benzene rings is 2. The number of hydrogen-bond donors (Lipinski definition) is 2. The third-order valence-electron chi connectivity index (χ3n) is 4.13. The third kappa shape index (κ3) is 6.03. The largest absolute Gasteiger partial charge is 0.493 e. The lowest BCUT2D eigenvalue weighted by Crippen LogP contribution is -2.41. The topological polar surface area (TPSA) is 95.1 Å². The van der Waals surface area contributed by atoms with Gasteiger partial charge in [0, 0.05) is 12.0 Å². The highest BCUT2D eigenvalue weighted by molar-refractivity contribution is 5.96. The van der Waals surface area contributed by atoms with Gasteiger partial charge in [0.15, 0.2) is 23.0 Å². The lowest BCUT2D eigenvalue weighted by Gasteiger charge is -2.12. The molecule has 0 aliphatic carbocycles. The van der Waals surface area contributed by atoms with Crippen LogP contribution in [0.1, 0.15) is 29.3 Å².